The van der Waals surface area contributed by atoms with Crippen LogP contribution in [0.25, 0.3) is 0 Å². The molecule has 82 valence electrons. The van der Waals surface area contributed by atoms with E-state index in [4.69, 9.17) is 22.1 Å². The number of amides is 1. The van der Waals surface area contributed by atoms with E-state index in [1.807, 2.05) is 0 Å². The van der Waals surface area contributed by atoms with Crippen molar-refractivity contribution in [1.82, 2.24) is 4.98 Å². The predicted molar refractivity (Wildman–Crippen MR) is 54.9 cm³/mol. The molecule has 15 heavy (non-hydrogen) atoms. The lowest BCUT2D eigenvalue weighted by molar-refractivity contribution is 0.0808. The summed E-state index contributed by atoms with van der Waals surface area (Å²) in [4.78, 5) is 14.3. The number of nitrogens with two attached hydrogens (primary N) is 1. The molecule has 0 saturated heterocycles. The second kappa shape index (κ2) is 5.41. The van der Waals surface area contributed by atoms with E-state index in [-0.39, 0.29) is 6.61 Å². The van der Waals surface area contributed by atoms with Gasteiger partial charge >= 0.3 is 6.09 Å². The van der Waals surface area contributed by atoms with Gasteiger partial charge in [0.15, 0.2) is 0 Å². The first-order chi connectivity index (χ1) is 7.08. The maximum atomic E-state index is 10.4. The maximum absolute atomic E-state index is 10.4. The van der Waals surface area contributed by atoms with E-state index in [1.54, 1.807) is 25.1 Å². The van der Waals surface area contributed by atoms with Gasteiger partial charge in [0, 0.05) is 6.07 Å². The molecule has 0 bridgehead atoms. The zero-order valence-corrected chi connectivity index (χ0v) is 8.90. The van der Waals surface area contributed by atoms with Gasteiger partial charge in [-0.25, -0.2) is 9.78 Å². The summed E-state index contributed by atoms with van der Waals surface area (Å²) in [6, 6.07) is 5.00. The van der Waals surface area contributed by atoms with Gasteiger partial charge in [-0.05, 0) is 13.0 Å². The third-order valence-corrected chi connectivity index (χ3v) is 1.68. The third kappa shape index (κ3) is 4.51. The van der Waals surface area contributed by atoms with Gasteiger partial charge < -0.3 is 15.2 Å². The van der Waals surface area contributed by atoms with Gasteiger partial charge in [0.25, 0.3) is 0 Å². The highest BCUT2D eigenvalue weighted by Crippen LogP contribution is 2.11. The van der Waals surface area contributed by atoms with Gasteiger partial charge in [-0.3, -0.25) is 0 Å². The van der Waals surface area contributed by atoms with Crippen LogP contribution < -0.4 is 10.5 Å². The molecular weight excluding hydrogens is 220 g/mol. The Labute approximate surface area is 92.1 Å². The second-order valence-electron chi connectivity index (χ2n) is 2.86. The summed E-state index contributed by atoms with van der Waals surface area (Å²) in [5.74, 6) is 0.377. The summed E-state index contributed by atoms with van der Waals surface area (Å²) in [7, 11) is 0. The first-order valence-corrected chi connectivity index (χ1v) is 4.67. The third-order valence-electron chi connectivity index (χ3n) is 1.47. The molecule has 1 unspecified atom stereocenters. The predicted octanol–water partition coefficient (Wildman–Crippen LogP) is 1.60. The molecule has 6 heteroatoms. The Hall–Kier alpha value is -1.49. The Morgan fingerprint density at radius 1 is 1.67 bits per heavy atom. The standard InChI is InChI=1S/C9H11ClN2O3/c1-6(15-9(11)13)5-14-8-4-2-3-7(10)12-8/h2-4,6H,5H2,1H3,(H2,11,13). The van der Waals surface area contributed by atoms with Crippen molar-refractivity contribution in [3.05, 3.63) is 23.4 Å². The van der Waals surface area contributed by atoms with E-state index in [0.29, 0.717) is 11.0 Å². The van der Waals surface area contributed by atoms with E-state index in [1.165, 1.54) is 0 Å². The van der Waals surface area contributed by atoms with Crippen LogP contribution >= 0.6 is 11.6 Å². The molecule has 0 aliphatic rings. The number of carbonyl (C=O) groups is 1. The first kappa shape index (κ1) is 11.6. The van der Waals surface area contributed by atoms with Crippen molar-refractivity contribution in [2.24, 2.45) is 5.73 Å². The molecule has 0 aromatic carbocycles. The first-order valence-electron chi connectivity index (χ1n) is 4.29. The van der Waals surface area contributed by atoms with E-state index in [9.17, 15) is 4.79 Å². The van der Waals surface area contributed by atoms with Crippen LogP contribution in [0.3, 0.4) is 0 Å². The van der Waals surface area contributed by atoms with Gasteiger partial charge in [0.1, 0.15) is 17.9 Å². The van der Waals surface area contributed by atoms with Crippen LogP contribution in [0.5, 0.6) is 5.88 Å². The lowest BCUT2D eigenvalue weighted by Crippen LogP contribution is -2.25. The Bertz CT molecular complexity index is 346. The molecule has 1 atom stereocenters. The Balaban J connectivity index is 2.40. The second-order valence-corrected chi connectivity index (χ2v) is 3.24. The number of rotatable bonds is 4. The lowest BCUT2D eigenvalue weighted by Gasteiger charge is -2.11. The highest BCUT2D eigenvalue weighted by atomic mass is 35.5. The van der Waals surface area contributed by atoms with Crippen LogP contribution in [0.15, 0.2) is 18.2 Å². The molecule has 1 aromatic heterocycles. The fourth-order valence-corrected chi connectivity index (χ4v) is 1.06. The number of nitrogens with zero attached hydrogens (tertiary/aromatic N) is 1. The summed E-state index contributed by atoms with van der Waals surface area (Å²) < 4.78 is 9.88. The van der Waals surface area contributed by atoms with Crippen molar-refractivity contribution >= 4 is 17.7 Å². The highest BCUT2D eigenvalue weighted by molar-refractivity contribution is 6.29. The molecule has 0 spiro atoms. The summed E-state index contributed by atoms with van der Waals surface area (Å²) in [6.45, 7) is 1.84. The van der Waals surface area contributed by atoms with Crippen molar-refractivity contribution < 1.29 is 14.3 Å². The average molecular weight is 231 g/mol. The fourth-order valence-electron chi connectivity index (χ4n) is 0.905. The Morgan fingerprint density at radius 3 is 3.00 bits per heavy atom. The van der Waals surface area contributed by atoms with Gasteiger partial charge in [0.2, 0.25) is 5.88 Å². The molecule has 0 saturated carbocycles. The Kier molecular flexibility index (Phi) is 4.17. The number of carbonyl (C=O) groups excluding carboxylic acids is 1. The molecule has 2 N–H and O–H groups in total. The maximum Gasteiger partial charge on any atom is 0.404 e. The number of pyridine rings is 1. The Morgan fingerprint density at radius 2 is 2.40 bits per heavy atom. The minimum Gasteiger partial charge on any atom is -0.474 e. The number of aromatic nitrogens is 1. The van der Waals surface area contributed by atoms with Gasteiger partial charge in [-0.2, -0.15) is 0 Å². The smallest absolute Gasteiger partial charge is 0.404 e. The monoisotopic (exact) mass is 230 g/mol. The van der Waals surface area contributed by atoms with Crippen molar-refractivity contribution in [2.45, 2.75) is 13.0 Å². The SMILES string of the molecule is CC(COc1cccc(Cl)n1)OC(N)=O. The van der Waals surface area contributed by atoms with Crippen molar-refractivity contribution in [2.75, 3.05) is 6.61 Å². The van der Waals surface area contributed by atoms with Crippen LogP contribution in [-0.2, 0) is 4.74 Å². The van der Waals surface area contributed by atoms with Crippen LogP contribution in [0, 0.1) is 0 Å². The van der Waals surface area contributed by atoms with E-state index in [2.05, 4.69) is 9.72 Å². The van der Waals surface area contributed by atoms with E-state index < -0.39 is 12.2 Å². The van der Waals surface area contributed by atoms with Crippen molar-refractivity contribution in [3.63, 3.8) is 0 Å². The summed E-state index contributed by atoms with van der Waals surface area (Å²) >= 11 is 5.65. The minimum atomic E-state index is -0.829. The molecule has 1 heterocycles. The number of halogens is 1. The summed E-state index contributed by atoms with van der Waals surface area (Å²) in [5.41, 5.74) is 4.83. The minimum absolute atomic E-state index is 0.177. The molecule has 0 fully saturated rings. The lowest BCUT2D eigenvalue weighted by atomic mass is 10.4. The molecule has 5 nitrogen and oxygen atoms in total. The van der Waals surface area contributed by atoms with Crippen molar-refractivity contribution in [1.29, 1.82) is 0 Å². The largest absolute Gasteiger partial charge is 0.474 e. The van der Waals surface area contributed by atoms with E-state index >= 15 is 0 Å². The molecule has 1 rings (SSSR count). The van der Waals surface area contributed by atoms with Crippen LogP contribution in [-0.4, -0.2) is 23.8 Å². The van der Waals surface area contributed by atoms with E-state index in [0.717, 1.165) is 0 Å². The van der Waals surface area contributed by atoms with Crippen molar-refractivity contribution in [3.8, 4) is 5.88 Å². The molecular formula is C9H11ClN2O3. The quantitative estimate of drug-likeness (QED) is 0.798. The molecule has 0 aliphatic carbocycles. The molecule has 0 aliphatic heterocycles. The van der Waals surface area contributed by atoms with Crippen LogP contribution in [0.1, 0.15) is 6.92 Å². The zero-order chi connectivity index (χ0) is 11.3. The number of hydrogen-bond donors (Lipinski definition) is 1. The molecule has 1 amide bonds. The summed E-state index contributed by atoms with van der Waals surface area (Å²) in [6.07, 6.45) is -1.26. The number of ether oxygens (including phenoxy) is 2. The zero-order valence-electron chi connectivity index (χ0n) is 8.14. The fraction of sp³-hybridized carbons (Fsp3) is 0.333. The summed E-state index contributed by atoms with van der Waals surface area (Å²) in [5, 5.41) is 0.343. The topological polar surface area (TPSA) is 74.4 Å². The van der Waals surface area contributed by atoms with Crippen LogP contribution in [0.2, 0.25) is 5.15 Å². The molecule has 0 radical (unpaired) electrons. The average Bonchev–Trinajstić information content (AvgIpc) is 2.14. The van der Waals surface area contributed by atoms with Gasteiger partial charge in [-0.1, -0.05) is 17.7 Å². The number of primary amides is 1. The molecule has 1 aromatic rings. The van der Waals surface area contributed by atoms with Gasteiger partial charge in [-0.15, -0.1) is 0 Å². The van der Waals surface area contributed by atoms with Crippen LogP contribution in [0.4, 0.5) is 4.79 Å². The highest BCUT2D eigenvalue weighted by Gasteiger charge is 2.07. The van der Waals surface area contributed by atoms with Gasteiger partial charge in [0.05, 0.1) is 0 Å². The normalized spacial score (nSPS) is 11.9. The number of hydrogen-bond acceptors (Lipinski definition) is 4.